The lowest BCUT2D eigenvalue weighted by Crippen LogP contribution is -2.43. The number of nitrogens with zero attached hydrogens (tertiary/aromatic N) is 3. The molecule has 160 valence electrons. The molecule has 0 unspecified atom stereocenters. The molecule has 0 aliphatic rings. The first-order valence-corrected chi connectivity index (χ1v) is 10.3. The number of guanidine groups is 1. The Bertz CT molecular complexity index is 753. The quantitative estimate of drug-likeness (QED) is 0.340. The van der Waals surface area contributed by atoms with Gasteiger partial charge in [0.15, 0.2) is 11.8 Å². The zero-order valence-corrected chi connectivity index (χ0v) is 18.0. The minimum atomic E-state index is 0.0682. The third kappa shape index (κ3) is 6.45. The first-order chi connectivity index (χ1) is 14.1. The Kier molecular flexibility index (Phi) is 8.92. The summed E-state index contributed by atoms with van der Waals surface area (Å²) < 4.78 is 5.18. The lowest BCUT2D eigenvalue weighted by molar-refractivity contribution is 0.169. The summed E-state index contributed by atoms with van der Waals surface area (Å²) in [5, 5.41) is 23.3. The molecule has 2 aromatic rings. The average Bonchev–Trinajstić information content (AvgIpc) is 3.24. The molecule has 1 aromatic carbocycles. The van der Waals surface area contributed by atoms with E-state index in [0.717, 1.165) is 49.6 Å². The lowest BCUT2D eigenvalue weighted by Gasteiger charge is -2.32. The van der Waals surface area contributed by atoms with Crippen molar-refractivity contribution in [3.05, 3.63) is 30.1 Å². The van der Waals surface area contributed by atoms with Gasteiger partial charge in [-0.3, -0.25) is 5.10 Å². The van der Waals surface area contributed by atoms with E-state index in [1.54, 1.807) is 7.11 Å². The number of nitrogens with one attached hydrogen (secondary N) is 3. The van der Waals surface area contributed by atoms with Gasteiger partial charge in [-0.15, -0.1) is 0 Å². The molecule has 0 saturated carbocycles. The first kappa shape index (κ1) is 22.7. The van der Waals surface area contributed by atoms with Crippen LogP contribution in [0.3, 0.4) is 0 Å². The SMILES string of the molecule is CCNC(=NCc1nc(-c2ccc(OC)cc2)n[nH]1)NCC(CC)(CC)CCO. The number of aliphatic hydroxyl groups excluding tert-OH is 1. The van der Waals surface area contributed by atoms with Crippen molar-refractivity contribution in [2.75, 3.05) is 26.8 Å². The van der Waals surface area contributed by atoms with Crippen molar-refractivity contribution in [2.24, 2.45) is 10.4 Å². The molecular weight excluding hydrogens is 368 g/mol. The van der Waals surface area contributed by atoms with Gasteiger partial charge in [0.05, 0.1) is 7.11 Å². The van der Waals surface area contributed by atoms with Gasteiger partial charge in [0.1, 0.15) is 18.1 Å². The molecule has 1 aromatic heterocycles. The molecule has 1 heterocycles. The highest BCUT2D eigenvalue weighted by Crippen LogP contribution is 2.29. The lowest BCUT2D eigenvalue weighted by atomic mass is 9.79. The number of aromatic nitrogens is 3. The summed E-state index contributed by atoms with van der Waals surface area (Å²) >= 11 is 0. The van der Waals surface area contributed by atoms with Crippen LogP contribution >= 0.6 is 0 Å². The molecule has 0 radical (unpaired) electrons. The Morgan fingerprint density at radius 3 is 2.48 bits per heavy atom. The number of rotatable bonds is 11. The Labute approximate surface area is 173 Å². The van der Waals surface area contributed by atoms with Crippen LogP contribution < -0.4 is 15.4 Å². The molecule has 2 rings (SSSR count). The highest BCUT2D eigenvalue weighted by atomic mass is 16.5. The molecule has 0 saturated heterocycles. The second kappa shape index (κ2) is 11.4. The molecule has 4 N–H and O–H groups in total. The fourth-order valence-corrected chi connectivity index (χ4v) is 3.18. The van der Waals surface area contributed by atoms with Gasteiger partial charge in [-0.05, 0) is 55.9 Å². The summed E-state index contributed by atoms with van der Waals surface area (Å²) in [6.45, 7) is 8.49. The second-order valence-corrected chi connectivity index (χ2v) is 7.06. The minimum Gasteiger partial charge on any atom is -0.497 e. The van der Waals surface area contributed by atoms with Crippen molar-refractivity contribution in [1.82, 2.24) is 25.8 Å². The molecule has 0 aliphatic heterocycles. The zero-order valence-electron chi connectivity index (χ0n) is 18.0. The standard InChI is InChI=1S/C21H34N6O2/c1-5-21(6-2,12-13-28)15-24-20(22-7-3)23-14-18-25-19(27-26-18)16-8-10-17(29-4)11-9-16/h8-11,28H,5-7,12-15H2,1-4H3,(H2,22,23,24)(H,25,26,27). The van der Waals surface area contributed by atoms with E-state index in [1.165, 1.54) is 0 Å². The number of ether oxygens (including phenoxy) is 1. The van der Waals surface area contributed by atoms with Gasteiger partial charge in [0, 0.05) is 25.3 Å². The molecule has 0 atom stereocenters. The normalized spacial score (nSPS) is 12.1. The van der Waals surface area contributed by atoms with Crippen LogP contribution in [0.2, 0.25) is 0 Å². The molecule has 8 heteroatoms. The van der Waals surface area contributed by atoms with Crippen LogP contribution in [0.25, 0.3) is 11.4 Å². The van der Waals surface area contributed by atoms with E-state index in [-0.39, 0.29) is 12.0 Å². The molecule has 8 nitrogen and oxygen atoms in total. The number of hydrogen-bond donors (Lipinski definition) is 4. The number of hydrogen-bond acceptors (Lipinski definition) is 5. The predicted molar refractivity (Wildman–Crippen MR) is 116 cm³/mol. The molecular formula is C21H34N6O2. The molecule has 0 spiro atoms. The van der Waals surface area contributed by atoms with Crippen molar-refractivity contribution in [3.8, 4) is 17.1 Å². The average molecular weight is 403 g/mol. The van der Waals surface area contributed by atoms with Crippen LogP contribution in [0.5, 0.6) is 5.75 Å². The van der Waals surface area contributed by atoms with Crippen molar-refractivity contribution < 1.29 is 9.84 Å². The van der Waals surface area contributed by atoms with Crippen molar-refractivity contribution in [1.29, 1.82) is 0 Å². The van der Waals surface area contributed by atoms with Crippen LogP contribution in [0.4, 0.5) is 0 Å². The molecule has 0 fully saturated rings. The van der Waals surface area contributed by atoms with Crippen LogP contribution in [0, 0.1) is 5.41 Å². The van der Waals surface area contributed by atoms with E-state index < -0.39 is 0 Å². The topological polar surface area (TPSA) is 107 Å². The van der Waals surface area contributed by atoms with Crippen LogP contribution in [-0.4, -0.2) is 53.1 Å². The monoisotopic (exact) mass is 402 g/mol. The number of methoxy groups -OCH3 is 1. The van der Waals surface area contributed by atoms with E-state index in [0.29, 0.717) is 18.2 Å². The summed E-state index contributed by atoms with van der Waals surface area (Å²) in [4.78, 5) is 9.16. The molecule has 0 bridgehead atoms. The van der Waals surface area contributed by atoms with E-state index in [1.807, 2.05) is 31.2 Å². The van der Waals surface area contributed by atoms with Gasteiger partial charge in [0.2, 0.25) is 0 Å². The van der Waals surface area contributed by atoms with Crippen LogP contribution in [0.15, 0.2) is 29.3 Å². The molecule has 0 amide bonds. The summed E-state index contributed by atoms with van der Waals surface area (Å²) in [5.41, 5.74) is 0.987. The minimum absolute atomic E-state index is 0.0682. The maximum atomic E-state index is 9.41. The predicted octanol–water partition coefficient (Wildman–Crippen LogP) is 2.72. The van der Waals surface area contributed by atoms with E-state index >= 15 is 0 Å². The maximum absolute atomic E-state index is 9.41. The van der Waals surface area contributed by atoms with Gasteiger partial charge < -0.3 is 20.5 Å². The number of aliphatic imine (C=N–C) groups is 1. The Morgan fingerprint density at radius 1 is 1.17 bits per heavy atom. The fraction of sp³-hybridized carbons (Fsp3) is 0.571. The van der Waals surface area contributed by atoms with Crippen molar-refractivity contribution >= 4 is 5.96 Å². The Morgan fingerprint density at radius 2 is 1.90 bits per heavy atom. The van der Waals surface area contributed by atoms with Gasteiger partial charge in [-0.25, -0.2) is 9.98 Å². The third-order valence-electron chi connectivity index (χ3n) is 5.38. The van der Waals surface area contributed by atoms with Crippen molar-refractivity contribution in [2.45, 2.75) is 46.6 Å². The van der Waals surface area contributed by atoms with Gasteiger partial charge >= 0.3 is 0 Å². The Hall–Kier alpha value is -2.61. The van der Waals surface area contributed by atoms with Crippen molar-refractivity contribution in [3.63, 3.8) is 0 Å². The van der Waals surface area contributed by atoms with E-state index in [2.05, 4.69) is 44.7 Å². The van der Waals surface area contributed by atoms with Gasteiger partial charge in [-0.2, -0.15) is 5.10 Å². The van der Waals surface area contributed by atoms with E-state index in [9.17, 15) is 5.11 Å². The van der Waals surface area contributed by atoms with Crippen LogP contribution in [-0.2, 0) is 6.54 Å². The zero-order chi connectivity index (χ0) is 21.1. The van der Waals surface area contributed by atoms with Gasteiger partial charge in [0.25, 0.3) is 0 Å². The van der Waals surface area contributed by atoms with Crippen LogP contribution in [0.1, 0.15) is 45.9 Å². The second-order valence-electron chi connectivity index (χ2n) is 7.06. The smallest absolute Gasteiger partial charge is 0.191 e. The summed E-state index contributed by atoms with van der Waals surface area (Å²) in [6.07, 6.45) is 2.79. The fourth-order valence-electron chi connectivity index (χ4n) is 3.18. The maximum Gasteiger partial charge on any atom is 0.191 e. The number of H-pyrrole nitrogens is 1. The van der Waals surface area contributed by atoms with Gasteiger partial charge in [-0.1, -0.05) is 13.8 Å². The third-order valence-corrected chi connectivity index (χ3v) is 5.38. The first-order valence-electron chi connectivity index (χ1n) is 10.3. The van der Waals surface area contributed by atoms with E-state index in [4.69, 9.17) is 4.74 Å². The highest BCUT2D eigenvalue weighted by molar-refractivity contribution is 5.79. The Balaban J connectivity index is 2.03. The summed E-state index contributed by atoms with van der Waals surface area (Å²) in [6, 6.07) is 7.63. The highest BCUT2D eigenvalue weighted by Gasteiger charge is 2.25. The summed E-state index contributed by atoms with van der Waals surface area (Å²) in [5.74, 6) is 2.86. The number of benzene rings is 1. The largest absolute Gasteiger partial charge is 0.497 e. The summed E-state index contributed by atoms with van der Waals surface area (Å²) in [7, 11) is 1.64. The number of aromatic amines is 1. The molecule has 0 aliphatic carbocycles. The number of aliphatic hydroxyl groups is 1. The molecule has 29 heavy (non-hydrogen) atoms.